The average Bonchev–Trinajstić information content (AvgIpc) is 1.93. The van der Waals surface area contributed by atoms with Crippen LogP contribution in [0.3, 0.4) is 0 Å². The Balaban J connectivity index is 3.34. The van der Waals surface area contributed by atoms with Crippen molar-refractivity contribution in [2.45, 2.75) is 0 Å². The van der Waals surface area contributed by atoms with Crippen LogP contribution < -0.4 is 4.16 Å². The van der Waals surface area contributed by atoms with E-state index in [1.165, 1.54) is 6.07 Å². The summed E-state index contributed by atoms with van der Waals surface area (Å²) in [5.74, 6) is -3.56. The van der Waals surface area contributed by atoms with E-state index in [-0.39, 0.29) is 4.16 Å². The van der Waals surface area contributed by atoms with Gasteiger partial charge in [0.1, 0.15) is 0 Å². The molecule has 0 N–H and O–H groups in total. The van der Waals surface area contributed by atoms with Crippen LogP contribution >= 0.6 is 0 Å². The van der Waals surface area contributed by atoms with E-state index in [0.717, 1.165) is 6.07 Å². The maximum atomic E-state index is 12.4. The van der Waals surface area contributed by atoms with E-state index >= 15 is 0 Å². The number of rotatable bonds is 0. The molecular formula is C6H2F3Zn. The first-order chi connectivity index (χ1) is 4.63. The van der Waals surface area contributed by atoms with E-state index in [1.54, 1.807) is 0 Å². The minimum absolute atomic E-state index is 0.235. The van der Waals surface area contributed by atoms with E-state index in [1.807, 2.05) is 0 Å². The van der Waals surface area contributed by atoms with E-state index in [9.17, 15) is 13.2 Å². The molecule has 0 amide bonds. The first-order valence-corrected chi connectivity index (χ1v) is 4.06. The van der Waals surface area contributed by atoms with Gasteiger partial charge in [-0.2, -0.15) is 0 Å². The second-order valence-corrected chi connectivity index (χ2v) is 3.43. The molecule has 0 saturated heterocycles. The second-order valence-electron chi connectivity index (χ2n) is 1.83. The summed E-state index contributed by atoms with van der Waals surface area (Å²) < 4.78 is 37.1. The van der Waals surface area contributed by atoms with Gasteiger partial charge in [0.25, 0.3) is 0 Å². The van der Waals surface area contributed by atoms with Crippen molar-refractivity contribution in [3.63, 3.8) is 0 Å². The first kappa shape index (κ1) is 7.74. The second kappa shape index (κ2) is 2.71. The van der Waals surface area contributed by atoms with Crippen molar-refractivity contribution in [3.05, 3.63) is 29.6 Å². The number of benzene rings is 1. The van der Waals surface area contributed by atoms with Crippen molar-refractivity contribution in [1.29, 1.82) is 0 Å². The van der Waals surface area contributed by atoms with Gasteiger partial charge in [0.15, 0.2) is 0 Å². The fourth-order valence-electron chi connectivity index (χ4n) is 0.566. The Kier molecular flexibility index (Phi) is 2.09. The number of hydrogen-bond acceptors (Lipinski definition) is 0. The van der Waals surface area contributed by atoms with Crippen LogP contribution in [0.4, 0.5) is 13.2 Å². The van der Waals surface area contributed by atoms with Crippen LogP contribution in [0.1, 0.15) is 0 Å². The first-order valence-electron chi connectivity index (χ1n) is 2.58. The molecule has 10 heavy (non-hydrogen) atoms. The van der Waals surface area contributed by atoms with Crippen LogP contribution in [-0.4, -0.2) is 0 Å². The van der Waals surface area contributed by atoms with Crippen molar-refractivity contribution >= 4 is 4.16 Å². The molecular weight excluding hydrogens is 194 g/mol. The Hall–Kier alpha value is -0.367. The Morgan fingerprint density at radius 1 is 1.00 bits per heavy atom. The molecule has 0 aromatic heterocycles. The van der Waals surface area contributed by atoms with E-state index in [4.69, 9.17) is 0 Å². The normalized spacial score (nSPS) is 10.1. The zero-order valence-corrected chi connectivity index (χ0v) is 7.96. The third-order valence-electron chi connectivity index (χ3n) is 1.12. The summed E-state index contributed by atoms with van der Waals surface area (Å²) >= 11 is 0.489. The molecule has 0 radical (unpaired) electrons. The van der Waals surface area contributed by atoms with Gasteiger partial charge in [-0.25, -0.2) is 0 Å². The Bertz CT molecular complexity index is 232. The van der Waals surface area contributed by atoms with Crippen LogP contribution in [-0.2, 0) is 18.3 Å². The van der Waals surface area contributed by atoms with Gasteiger partial charge >= 0.3 is 65.2 Å². The molecule has 4 heteroatoms. The zero-order chi connectivity index (χ0) is 7.72. The van der Waals surface area contributed by atoms with Gasteiger partial charge in [-0.1, -0.05) is 0 Å². The van der Waals surface area contributed by atoms with Gasteiger partial charge in [-0.3, -0.25) is 0 Å². The van der Waals surface area contributed by atoms with E-state index in [0.29, 0.717) is 18.3 Å². The Morgan fingerprint density at radius 2 is 1.60 bits per heavy atom. The molecule has 0 spiro atoms. The van der Waals surface area contributed by atoms with E-state index < -0.39 is 17.5 Å². The van der Waals surface area contributed by atoms with Gasteiger partial charge < -0.3 is 0 Å². The van der Waals surface area contributed by atoms with Crippen molar-refractivity contribution in [2.75, 3.05) is 0 Å². The van der Waals surface area contributed by atoms with Crippen LogP contribution in [0.2, 0.25) is 0 Å². The fraction of sp³-hybridized carbons (Fsp3) is 0. The summed E-state index contributed by atoms with van der Waals surface area (Å²) in [5, 5.41) is 0. The van der Waals surface area contributed by atoms with Gasteiger partial charge in [0, 0.05) is 0 Å². The monoisotopic (exact) mass is 195 g/mol. The summed E-state index contributed by atoms with van der Waals surface area (Å²) in [6.45, 7) is 0. The van der Waals surface area contributed by atoms with Crippen LogP contribution in [0.5, 0.6) is 0 Å². The van der Waals surface area contributed by atoms with Crippen molar-refractivity contribution in [2.24, 2.45) is 0 Å². The molecule has 0 unspecified atom stereocenters. The molecule has 0 nitrogen and oxygen atoms in total. The molecule has 49 valence electrons. The predicted octanol–water partition coefficient (Wildman–Crippen LogP) is 1.28. The van der Waals surface area contributed by atoms with Crippen molar-refractivity contribution in [3.8, 4) is 0 Å². The molecule has 1 rings (SSSR count). The number of hydrogen-bond donors (Lipinski definition) is 0. The van der Waals surface area contributed by atoms with Gasteiger partial charge in [-0.15, -0.1) is 0 Å². The summed E-state index contributed by atoms with van der Waals surface area (Å²) in [5.41, 5.74) is 0. The summed E-state index contributed by atoms with van der Waals surface area (Å²) in [7, 11) is 0. The Morgan fingerprint density at radius 3 is 2.10 bits per heavy atom. The fourth-order valence-corrected chi connectivity index (χ4v) is 1.14. The van der Waals surface area contributed by atoms with Gasteiger partial charge in [0.05, 0.1) is 0 Å². The molecule has 0 aliphatic rings. The summed E-state index contributed by atoms with van der Waals surface area (Å²) in [6.07, 6.45) is 0. The zero-order valence-electron chi connectivity index (χ0n) is 5.00. The number of halogens is 3. The molecule has 0 fully saturated rings. The average molecular weight is 196 g/mol. The summed E-state index contributed by atoms with van der Waals surface area (Å²) in [4.78, 5) is 0. The molecule has 0 aliphatic carbocycles. The van der Waals surface area contributed by atoms with Gasteiger partial charge in [-0.05, 0) is 0 Å². The third kappa shape index (κ3) is 1.21. The molecule has 1 aromatic rings. The van der Waals surface area contributed by atoms with Gasteiger partial charge in [0.2, 0.25) is 0 Å². The molecule has 0 bridgehead atoms. The molecule has 0 heterocycles. The standard InChI is InChI=1S/C6H2F3.Zn/c7-4-2-1-3-5(8)6(4)9;/h1-2H;. The molecule has 0 saturated carbocycles. The van der Waals surface area contributed by atoms with E-state index in [2.05, 4.69) is 0 Å². The predicted molar refractivity (Wildman–Crippen MR) is 25.9 cm³/mol. The van der Waals surface area contributed by atoms with Crippen molar-refractivity contribution < 1.29 is 31.5 Å². The quantitative estimate of drug-likeness (QED) is 0.433. The van der Waals surface area contributed by atoms with Crippen molar-refractivity contribution in [1.82, 2.24) is 0 Å². The SMILES string of the molecule is Fc1cc[c]([Zn])c(F)c1F. The minimum atomic E-state index is -1.37. The van der Waals surface area contributed by atoms with Crippen LogP contribution in [0, 0.1) is 17.5 Å². The third-order valence-corrected chi connectivity index (χ3v) is 2.26. The van der Waals surface area contributed by atoms with Crippen LogP contribution in [0.25, 0.3) is 0 Å². The maximum absolute atomic E-state index is 12.4. The topological polar surface area (TPSA) is 0 Å². The summed E-state index contributed by atoms with van der Waals surface area (Å²) in [6, 6.07) is 2.17. The molecule has 0 aliphatic heterocycles. The molecule has 0 atom stereocenters. The van der Waals surface area contributed by atoms with Crippen LogP contribution in [0.15, 0.2) is 12.1 Å². The molecule has 1 aromatic carbocycles. The Labute approximate surface area is 65.7 Å².